The molecule has 6 nitrogen and oxygen atoms in total. The molecule has 0 aliphatic rings. The number of anilines is 1. The molecule has 2 aromatic rings. The molecule has 0 saturated carbocycles. The van der Waals surface area contributed by atoms with Crippen LogP contribution in [0, 0.1) is 0 Å². The van der Waals surface area contributed by atoms with E-state index < -0.39 is 0 Å². The van der Waals surface area contributed by atoms with E-state index in [1.165, 1.54) is 6.20 Å². The van der Waals surface area contributed by atoms with Crippen LogP contribution in [0.1, 0.15) is 16.2 Å². The molecule has 0 aliphatic carbocycles. The predicted octanol–water partition coefficient (Wildman–Crippen LogP) is 1.04. The molecule has 2 N–H and O–H groups in total. The molecule has 0 fully saturated rings. The fourth-order valence-electron chi connectivity index (χ4n) is 1.30. The summed E-state index contributed by atoms with van der Waals surface area (Å²) in [5.41, 5.74) is 1.20. The van der Waals surface area contributed by atoms with Crippen molar-refractivity contribution >= 4 is 11.6 Å². The molecule has 0 atom stereocenters. The smallest absolute Gasteiger partial charge is 0.270 e. The van der Waals surface area contributed by atoms with Gasteiger partial charge in [-0.25, -0.2) is 0 Å². The van der Waals surface area contributed by atoms with E-state index in [4.69, 9.17) is 4.52 Å². The van der Waals surface area contributed by atoms with Crippen molar-refractivity contribution in [2.45, 2.75) is 6.54 Å². The first-order valence-electron chi connectivity index (χ1n) is 5.11. The molecule has 0 radical (unpaired) electrons. The second kappa shape index (κ2) is 5.11. The van der Waals surface area contributed by atoms with Crippen LogP contribution >= 0.6 is 0 Å². The predicted molar refractivity (Wildman–Crippen MR) is 61.5 cm³/mol. The standard InChI is InChI=1S/C11H12N4O2/c1-12-8-2-4-13-10(6-8)11(16)14-7-9-3-5-15-17-9/h2-6H,7H2,1H3,(H,12,13)(H,14,16). The van der Waals surface area contributed by atoms with Crippen molar-refractivity contribution < 1.29 is 9.32 Å². The molecule has 17 heavy (non-hydrogen) atoms. The molecule has 0 bridgehead atoms. The van der Waals surface area contributed by atoms with Gasteiger partial charge in [0.2, 0.25) is 0 Å². The van der Waals surface area contributed by atoms with E-state index in [1.807, 2.05) is 0 Å². The summed E-state index contributed by atoms with van der Waals surface area (Å²) in [4.78, 5) is 15.7. The Labute approximate surface area is 98.0 Å². The summed E-state index contributed by atoms with van der Waals surface area (Å²) in [7, 11) is 1.78. The number of hydrogen-bond donors (Lipinski definition) is 2. The highest BCUT2D eigenvalue weighted by Crippen LogP contribution is 2.06. The number of aromatic nitrogens is 2. The van der Waals surface area contributed by atoms with E-state index in [0.29, 0.717) is 18.0 Å². The highest BCUT2D eigenvalue weighted by atomic mass is 16.5. The third kappa shape index (κ3) is 2.81. The van der Waals surface area contributed by atoms with E-state index in [9.17, 15) is 4.79 Å². The second-order valence-electron chi connectivity index (χ2n) is 3.34. The van der Waals surface area contributed by atoms with Crippen molar-refractivity contribution in [3.63, 3.8) is 0 Å². The topological polar surface area (TPSA) is 80.0 Å². The van der Waals surface area contributed by atoms with Crippen LogP contribution in [-0.2, 0) is 6.54 Å². The second-order valence-corrected chi connectivity index (χ2v) is 3.34. The first-order chi connectivity index (χ1) is 8.29. The van der Waals surface area contributed by atoms with Crippen LogP contribution in [0.5, 0.6) is 0 Å². The van der Waals surface area contributed by atoms with Gasteiger partial charge in [0.1, 0.15) is 5.69 Å². The van der Waals surface area contributed by atoms with E-state index in [-0.39, 0.29) is 5.91 Å². The minimum atomic E-state index is -0.251. The molecule has 2 aromatic heterocycles. The summed E-state index contributed by atoms with van der Waals surface area (Å²) < 4.78 is 4.87. The Morgan fingerprint density at radius 3 is 3.00 bits per heavy atom. The maximum Gasteiger partial charge on any atom is 0.270 e. The zero-order valence-electron chi connectivity index (χ0n) is 9.30. The molecular formula is C11H12N4O2. The van der Waals surface area contributed by atoms with Crippen molar-refractivity contribution in [2.24, 2.45) is 0 Å². The van der Waals surface area contributed by atoms with Crippen molar-refractivity contribution in [1.82, 2.24) is 15.5 Å². The normalized spacial score (nSPS) is 9.94. The lowest BCUT2D eigenvalue weighted by Gasteiger charge is -2.04. The Kier molecular flexibility index (Phi) is 3.34. The molecule has 6 heteroatoms. The Morgan fingerprint density at radius 2 is 2.29 bits per heavy atom. The SMILES string of the molecule is CNc1ccnc(C(=O)NCc2ccno2)c1. The van der Waals surface area contributed by atoms with Crippen LogP contribution in [0.2, 0.25) is 0 Å². The lowest BCUT2D eigenvalue weighted by molar-refractivity contribution is 0.0942. The average molecular weight is 232 g/mol. The number of carbonyl (C=O) groups is 1. The Bertz CT molecular complexity index is 496. The Morgan fingerprint density at radius 1 is 1.41 bits per heavy atom. The maximum absolute atomic E-state index is 11.7. The molecular weight excluding hydrogens is 220 g/mol. The van der Waals surface area contributed by atoms with E-state index in [1.54, 1.807) is 31.4 Å². The summed E-state index contributed by atoms with van der Waals surface area (Å²) in [5.74, 6) is 0.349. The van der Waals surface area contributed by atoms with Crippen LogP contribution in [0.15, 0.2) is 35.1 Å². The number of pyridine rings is 1. The largest absolute Gasteiger partial charge is 0.388 e. The van der Waals surface area contributed by atoms with Crippen molar-refractivity contribution in [2.75, 3.05) is 12.4 Å². The third-order valence-corrected chi connectivity index (χ3v) is 2.20. The quantitative estimate of drug-likeness (QED) is 0.823. The Balaban J connectivity index is 1.99. The van der Waals surface area contributed by atoms with Crippen molar-refractivity contribution in [3.05, 3.63) is 42.0 Å². The molecule has 2 heterocycles. The monoisotopic (exact) mass is 232 g/mol. The van der Waals surface area contributed by atoms with Crippen LogP contribution < -0.4 is 10.6 Å². The van der Waals surface area contributed by atoms with Gasteiger partial charge in [-0.05, 0) is 12.1 Å². The Hall–Kier alpha value is -2.37. The summed E-state index contributed by atoms with van der Waals surface area (Å²) in [6.07, 6.45) is 3.11. The molecule has 88 valence electrons. The zero-order chi connectivity index (χ0) is 12.1. The highest BCUT2D eigenvalue weighted by molar-refractivity contribution is 5.92. The van der Waals surface area contributed by atoms with Gasteiger partial charge in [0.05, 0.1) is 12.7 Å². The first kappa shape index (κ1) is 11.1. The maximum atomic E-state index is 11.7. The van der Waals surface area contributed by atoms with Gasteiger partial charge >= 0.3 is 0 Å². The lowest BCUT2D eigenvalue weighted by atomic mass is 10.3. The molecule has 0 saturated heterocycles. The fourth-order valence-corrected chi connectivity index (χ4v) is 1.30. The van der Waals surface area contributed by atoms with E-state index in [2.05, 4.69) is 20.8 Å². The van der Waals surface area contributed by atoms with Crippen molar-refractivity contribution in [1.29, 1.82) is 0 Å². The fraction of sp³-hybridized carbons (Fsp3) is 0.182. The van der Waals surface area contributed by atoms with E-state index in [0.717, 1.165) is 5.69 Å². The van der Waals surface area contributed by atoms with Gasteiger partial charge in [-0.15, -0.1) is 0 Å². The summed E-state index contributed by atoms with van der Waals surface area (Å²) in [6.45, 7) is 0.296. The first-order valence-corrected chi connectivity index (χ1v) is 5.11. The van der Waals surface area contributed by atoms with Crippen LogP contribution in [0.4, 0.5) is 5.69 Å². The molecule has 1 amide bonds. The molecule has 0 spiro atoms. The van der Waals surface area contributed by atoms with Gasteiger partial charge in [0.25, 0.3) is 5.91 Å². The number of rotatable bonds is 4. The number of nitrogens with zero attached hydrogens (tertiary/aromatic N) is 2. The summed E-state index contributed by atoms with van der Waals surface area (Å²) in [5, 5.41) is 9.18. The van der Waals surface area contributed by atoms with E-state index >= 15 is 0 Å². The van der Waals surface area contributed by atoms with Crippen LogP contribution in [0.25, 0.3) is 0 Å². The highest BCUT2D eigenvalue weighted by Gasteiger charge is 2.08. The van der Waals surface area contributed by atoms with Gasteiger partial charge in [0, 0.05) is 25.0 Å². The number of amides is 1. The summed E-state index contributed by atoms with van der Waals surface area (Å²) in [6, 6.07) is 5.15. The summed E-state index contributed by atoms with van der Waals surface area (Å²) >= 11 is 0. The number of nitrogens with one attached hydrogen (secondary N) is 2. The van der Waals surface area contributed by atoms with Gasteiger partial charge < -0.3 is 15.2 Å². The van der Waals surface area contributed by atoms with Crippen LogP contribution in [0.3, 0.4) is 0 Å². The molecule has 0 aromatic carbocycles. The number of hydrogen-bond acceptors (Lipinski definition) is 5. The number of carbonyl (C=O) groups excluding carboxylic acids is 1. The van der Waals surface area contributed by atoms with Gasteiger partial charge in [-0.3, -0.25) is 9.78 Å². The van der Waals surface area contributed by atoms with Crippen molar-refractivity contribution in [3.8, 4) is 0 Å². The van der Waals surface area contributed by atoms with Gasteiger partial charge in [-0.1, -0.05) is 5.16 Å². The average Bonchev–Trinajstić information content (AvgIpc) is 2.89. The minimum Gasteiger partial charge on any atom is -0.388 e. The lowest BCUT2D eigenvalue weighted by Crippen LogP contribution is -2.23. The van der Waals surface area contributed by atoms with Crippen LogP contribution in [-0.4, -0.2) is 23.1 Å². The van der Waals surface area contributed by atoms with Gasteiger partial charge in [0.15, 0.2) is 5.76 Å². The molecule has 0 unspecified atom stereocenters. The zero-order valence-corrected chi connectivity index (χ0v) is 9.30. The third-order valence-electron chi connectivity index (χ3n) is 2.20. The minimum absolute atomic E-state index is 0.251. The molecule has 2 rings (SSSR count). The molecule has 0 aliphatic heterocycles. The van der Waals surface area contributed by atoms with Gasteiger partial charge in [-0.2, -0.15) is 0 Å².